The highest BCUT2D eigenvalue weighted by atomic mass is 79.9. The average molecular weight is 213 g/mol. The molecule has 1 rings (SSSR count). The Morgan fingerprint density at radius 2 is 2.27 bits per heavy atom. The van der Waals surface area contributed by atoms with E-state index in [2.05, 4.69) is 22.5 Å². The Morgan fingerprint density at radius 3 is 2.82 bits per heavy atom. The zero-order chi connectivity index (χ0) is 8.27. The van der Waals surface area contributed by atoms with Gasteiger partial charge in [-0.25, -0.2) is 0 Å². The summed E-state index contributed by atoms with van der Waals surface area (Å²) < 4.78 is 6.01. The highest BCUT2D eigenvalue weighted by molar-refractivity contribution is 9.10. The lowest BCUT2D eigenvalue weighted by Crippen LogP contribution is -1.83. The fourth-order valence-electron chi connectivity index (χ4n) is 0.780. The van der Waals surface area contributed by atoms with Crippen molar-refractivity contribution in [1.82, 2.24) is 0 Å². The Labute approximate surface area is 74.8 Å². The lowest BCUT2D eigenvalue weighted by molar-refractivity contribution is 0.371. The molecule has 1 aromatic carbocycles. The van der Waals surface area contributed by atoms with Gasteiger partial charge >= 0.3 is 0 Å². The van der Waals surface area contributed by atoms with Gasteiger partial charge < -0.3 is 4.74 Å². The molecule has 1 aromatic rings. The maximum absolute atomic E-state index is 4.98. The van der Waals surface area contributed by atoms with Crippen molar-refractivity contribution >= 4 is 21.7 Å². The predicted molar refractivity (Wildman–Crippen MR) is 50.2 cm³/mol. The van der Waals surface area contributed by atoms with Gasteiger partial charge in [0.2, 0.25) is 0 Å². The van der Waals surface area contributed by atoms with Gasteiger partial charge in [-0.1, -0.05) is 34.6 Å². The molecule has 0 radical (unpaired) electrons. The molecule has 0 saturated carbocycles. The number of rotatable bonds is 2. The summed E-state index contributed by atoms with van der Waals surface area (Å²) in [5, 5.41) is 0. The molecule has 11 heavy (non-hydrogen) atoms. The third-order valence-electron chi connectivity index (χ3n) is 1.39. The van der Waals surface area contributed by atoms with Crippen LogP contribution in [0.3, 0.4) is 0 Å². The Bertz CT molecular complexity index is 268. The molecule has 0 aliphatic heterocycles. The first kappa shape index (κ1) is 8.34. The van der Waals surface area contributed by atoms with Gasteiger partial charge in [-0.15, -0.1) is 0 Å². The number of halogens is 1. The Hall–Kier alpha value is -0.760. The number of benzene rings is 1. The van der Waals surface area contributed by atoms with Crippen molar-refractivity contribution < 1.29 is 4.74 Å². The van der Waals surface area contributed by atoms with E-state index in [0.29, 0.717) is 5.76 Å². The Balaban J connectivity index is 2.96. The lowest BCUT2D eigenvalue weighted by Gasteiger charge is -2.03. The highest BCUT2D eigenvalue weighted by Gasteiger charge is 1.96. The van der Waals surface area contributed by atoms with Gasteiger partial charge in [0.05, 0.1) is 7.11 Å². The van der Waals surface area contributed by atoms with Gasteiger partial charge in [0.25, 0.3) is 0 Å². The van der Waals surface area contributed by atoms with Crippen molar-refractivity contribution in [1.29, 1.82) is 0 Å². The van der Waals surface area contributed by atoms with Gasteiger partial charge in [-0.2, -0.15) is 0 Å². The monoisotopic (exact) mass is 212 g/mol. The van der Waals surface area contributed by atoms with Crippen molar-refractivity contribution in [2.75, 3.05) is 7.11 Å². The predicted octanol–water partition coefficient (Wildman–Crippen LogP) is 3.07. The summed E-state index contributed by atoms with van der Waals surface area (Å²) in [5.41, 5.74) is 1.00. The van der Waals surface area contributed by atoms with Crippen molar-refractivity contribution in [3.63, 3.8) is 0 Å². The van der Waals surface area contributed by atoms with E-state index in [1.807, 2.05) is 24.3 Å². The van der Waals surface area contributed by atoms with Crippen LogP contribution >= 0.6 is 15.9 Å². The molecule has 58 valence electrons. The highest BCUT2D eigenvalue weighted by Crippen LogP contribution is 2.17. The Kier molecular flexibility index (Phi) is 2.71. The lowest BCUT2D eigenvalue weighted by atomic mass is 10.2. The van der Waals surface area contributed by atoms with Crippen molar-refractivity contribution in [2.45, 2.75) is 0 Å². The second kappa shape index (κ2) is 3.58. The molecular formula is C9H9BrO. The minimum Gasteiger partial charge on any atom is -0.497 e. The minimum atomic E-state index is 0.686. The molecule has 0 spiro atoms. The summed E-state index contributed by atoms with van der Waals surface area (Å²) in [4.78, 5) is 0. The maximum Gasteiger partial charge on any atom is 0.118 e. The van der Waals surface area contributed by atoms with E-state index in [4.69, 9.17) is 4.74 Å². The van der Waals surface area contributed by atoms with E-state index in [0.717, 1.165) is 10.0 Å². The van der Waals surface area contributed by atoms with E-state index >= 15 is 0 Å². The van der Waals surface area contributed by atoms with Crippen LogP contribution in [0.5, 0.6) is 0 Å². The average Bonchev–Trinajstić information content (AvgIpc) is 2.03. The number of ether oxygens (including phenoxy) is 1. The molecule has 0 fully saturated rings. The molecular weight excluding hydrogens is 204 g/mol. The molecule has 0 atom stereocenters. The molecule has 0 heterocycles. The van der Waals surface area contributed by atoms with Crippen LogP contribution in [0.15, 0.2) is 35.3 Å². The van der Waals surface area contributed by atoms with Crippen LogP contribution in [0.25, 0.3) is 5.76 Å². The summed E-state index contributed by atoms with van der Waals surface area (Å²) in [6, 6.07) is 7.83. The van der Waals surface area contributed by atoms with Crippen LogP contribution in [0, 0.1) is 0 Å². The summed E-state index contributed by atoms with van der Waals surface area (Å²) in [5.74, 6) is 0.686. The third kappa shape index (κ3) is 2.09. The summed E-state index contributed by atoms with van der Waals surface area (Å²) >= 11 is 3.36. The van der Waals surface area contributed by atoms with Gasteiger partial charge in [0, 0.05) is 10.0 Å². The van der Waals surface area contributed by atoms with Gasteiger partial charge in [0.15, 0.2) is 0 Å². The number of hydrogen-bond acceptors (Lipinski definition) is 1. The largest absolute Gasteiger partial charge is 0.497 e. The minimum absolute atomic E-state index is 0.686. The number of hydrogen-bond donors (Lipinski definition) is 0. The second-order valence-electron chi connectivity index (χ2n) is 2.14. The molecule has 0 saturated heterocycles. The van der Waals surface area contributed by atoms with Crippen LogP contribution in [0.4, 0.5) is 0 Å². The zero-order valence-electron chi connectivity index (χ0n) is 6.30. The first-order valence-corrected chi connectivity index (χ1v) is 4.02. The first-order valence-electron chi connectivity index (χ1n) is 3.23. The van der Waals surface area contributed by atoms with Crippen LogP contribution in [0.1, 0.15) is 5.56 Å². The van der Waals surface area contributed by atoms with Crippen LogP contribution in [0.2, 0.25) is 0 Å². The normalized spacial score (nSPS) is 9.27. The van der Waals surface area contributed by atoms with Crippen LogP contribution < -0.4 is 0 Å². The first-order chi connectivity index (χ1) is 5.24. The van der Waals surface area contributed by atoms with E-state index in [9.17, 15) is 0 Å². The quantitative estimate of drug-likeness (QED) is 0.686. The summed E-state index contributed by atoms with van der Waals surface area (Å²) in [6.45, 7) is 3.74. The molecule has 0 bridgehead atoms. The van der Waals surface area contributed by atoms with Crippen LogP contribution in [-0.2, 0) is 4.74 Å². The molecule has 0 amide bonds. The zero-order valence-corrected chi connectivity index (χ0v) is 7.89. The van der Waals surface area contributed by atoms with Crippen LogP contribution in [-0.4, -0.2) is 7.11 Å². The van der Waals surface area contributed by atoms with Gasteiger partial charge in [-0.05, 0) is 12.1 Å². The topological polar surface area (TPSA) is 9.23 Å². The third-order valence-corrected chi connectivity index (χ3v) is 1.89. The molecule has 0 unspecified atom stereocenters. The molecule has 0 N–H and O–H groups in total. The fourth-order valence-corrected chi connectivity index (χ4v) is 1.18. The van der Waals surface area contributed by atoms with Crippen molar-refractivity contribution in [2.24, 2.45) is 0 Å². The molecule has 2 heteroatoms. The number of methoxy groups -OCH3 is 1. The van der Waals surface area contributed by atoms with E-state index in [1.165, 1.54) is 0 Å². The summed E-state index contributed by atoms with van der Waals surface area (Å²) in [7, 11) is 1.61. The van der Waals surface area contributed by atoms with E-state index in [1.54, 1.807) is 7.11 Å². The second-order valence-corrected chi connectivity index (χ2v) is 3.05. The maximum atomic E-state index is 4.98. The van der Waals surface area contributed by atoms with E-state index < -0.39 is 0 Å². The smallest absolute Gasteiger partial charge is 0.118 e. The standard InChI is InChI=1S/C9H9BrO/c1-7(11-2)8-4-3-5-9(10)6-8/h3-6H,1H2,2H3. The molecule has 1 nitrogen and oxygen atoms in total. The molecule has 0 aliphatic carbocycles. The van der Waals surface area contributed by atoms with Gasteiger partial charge in [-0.3, -0.25) is 0 Å². The molecule has 0 aliphatic rings. The molecule has 0 aromatic heterocycles. The van der Waals surface area contributed by atoms with E-state index in [-0.39, 0.29) is 0 Å². The Morgan fingerprint density at radius 1 is 1.55 bits per heavy atom. The fraction of sp³-hybridized carbons (Fsp3) is 0.111. The SMILES string of the molecule is C=C(OC)c1cccc(Br)c1. The van der Waals surface area contributed by atoms with Crippen molar-refractivity contribution in [3.8, 4) is 0 Å². The summed E-state index contributed by atoms with van der Waals surface area (Å²) in [6.07, 6.45) is 0. The van der Waals surface area contributed by atoms with Gasteiger partial charge in [0.1, 0.15) is 5.76 Å². The van der Waals surface area contributed by atoms with Crippen molar-refractivity contribution in [3.05, 3.63) is 40.9 Å².